The van der Waals surface area contributed by atoms with Crippen LogP contribution in [0.5, 0.6) is 11.5 Å². The average molecular weight is 819 g/mol. The summed E-state index contributed by atoms with van der Waals surface area (Å²) in [7, 11) is 0. The largest absolute Gasteiger partial charge is 0.456 e. The fourth-order valence-corrected chi connectivity index (χ4v) is 11.2. The third-order valence-corrected chi connectivity index (χ3v) is 13.7. The molecule has 0 saturated heterocycles. The Labute approximate surface area is 367 Å². The van der Waals surface area contributed by atoms with Gasteiger partial charge in [0.1, 0.15) is 11.5 Å². The number of nitrogens with zero attached hydrogens (tertiary/aromatic N) is 2. The minimum atomic E-state index is 0.865. The lowest BCUT2D eigenvalue weighted by molar-refractivity contribution is 0.487. The molecule has 11 rings (SSSR count). The Kier molecular flexibility index (Phi) is 9.03. The molecule has 0 bridgehead atoms. The van der Waals surface area contributed by atoms with Crippen molar-refractivity contribution in [1.29, 1.82) is 0 Å². The van der Waals surface area contributed by atoms with Crippen LogP contribution < -0.4 is 14.5 Å². The van der Waals surface area contributed by atoms with E-state index in [-0.39, 0.29) is 0 Å². The van der Waals surface area contributed by atoms with Gasteiger partial charge >= 0.3 is 0 Å². The molecule has 62 heavy (non-hydrogen) atoms. The normalized spacial score (nSPS) is 11.8. The average Bonchev–Trinajstić information content (AvgIpc) is 3.64. The number of fused-ring (bicyclic) bond motifs is 5. The fraction of sp³-hybridized carbons (Fsp3) is 0.103. The van der Waals surface area contributed by atoms with Crippen molar-refractivity contribution in [3.05, 3.63) is 203 Å². The second-order valence-electron chi connectivity index (χ2n) is 16.9. The number of thiophene rings is 1. The van der Waals surface area contributed by atoms with E-state index in [9.17, 15) is 0 Å². The summed E-state index contributed by atoms with van der Waals surface area (Å²) in [6.45, 7) is 13.3. The Morgan fingerprint density at radius 3 is 1.63 bits per heavy atom. The van der Waals surface area contributed by atoms with E-state index in [0.29, 0.717) is 0 Å². The van der Waals surface area contributed by atoms with Crippen LogP contribution in [0.2, 0.25) is 0 Å². The molecule has 10 aromatic rings. The number of aryl methyl sites for hydroxylation is 6. The van der Waals surface area contributed by atoms with Gasteiger partial charge in [-0.3, -0.25) is 0 Å². The highest BCUT2D eigenvalue weighted by Crippen LogP contribution is 2.52. The van der Waals surface area contributed by atoms with Crippen LogP contribution in [0.1, 0.15) is 33.4 Å². The Morgan fingerprint density at radius 2 is 0.919 bits per heavy atom. The second kappa shape index (κ2) is 14.8. The molecule has 0 aliphatic carbocycles. The third kappa shape index (κ3) is 6.25. The first kappa shape index (κ1) is 37.8. The van der Waals surface area contributed by atoms with Crippen LogP contribution in [0.4, 0.5) is 34.1 Å². The maximum absolute atomic E-state index is 6.93. The van der Waals surface area contributed by atoms with Crippen LogP contribution >= 0.6 is 11.3 Å². The quantitative estimate of drug-likeness (QED) is 0.159. The molecule has 0 amide bonds. The van der Waals surface area contributed by atoms with Crippen LogP contribution in [0.15, 0.2) is 170 Å². The van der Waals surface area contributed by atoms with Gasteiger partial charge in [-0.05, 0) is 147 Å². The van der Waals surface area contributed by atoms with Crippen molar-refractivity contribution >= 4 is 76.4 Å². The molecule has 1 aromatic heterocycles. The Balaban J connectivity index is 0.983. The van der Waals surface area contributed by atoms with Crippen LogP contribution in [0.25, 0.3) is 53.2 Å². The lowest BCUT2D eigenvalue weighted by atomic mass is 9.89. The number of ether oxygens (including phenoxy) is 1. The zero-order valence-electron chi connectivity index (χ0n) is 35.9. The molecular weight excluding hydrogens is 773 g/mol. The van der Waals surface area contributed by atoms with Gasteiger partial charge in [-0.15, -0.1) is 11.3 Å². The SMILES string of the molecule is Cc1cc(C)c(N(c2ccc3c(c2)Oc2cccc4c(-c5ccc(N(c6ccccc6)c6ccc7c(c6)sc6ccccc67)cc5)ccc-3c24)c2c(C)cc(C)cc2C)c(C)c1. The number of hydrogen-bond acceptors (Lipinski definition) is 4. The van der Waals surface area contributed by atoms with Gasteiger partial charge in [-0.25, -0.2) is 0 Å². The van der Waals surface area contributed by atoms with E-state index in [0.717, 1.165) is 50.8 Å². The first-order chi connectivity index (χ1) is 30.2. The van der Waals surface area contributed by atoms with Gasteiger partial charge in [0.15, 0.2) is 0 Å². The summed E-state index contributed by atoms with van der Waals surface area (Å²) in [6.07, 6.45) is 0. The standard InChI is InChI=1S/C58H46N2OS/c1-35-29-37(3)57(38(4)30-35)60(58-39(5)31-36(2)32-40(58)6)44-23-25-47-51-28-27-46(50-16-12-17-52(56(50)51)61-53(47)33-44)41-19-21-43(22-20-41)59(42-13-8-7-9-14-42)45-24-26-49-48-15-10-11-18-54(48)62-55(49)34-45/h7-34H,1-6H3. The van der Waals surface area contributed by atoms with E-state index >= 15 is 0 Å². The number of benzene rings is 9. The predicted octanol–water partition coefficient (Wildman–Crippen LogP) is 17.4. The maximum atomic E-state index is 6.93. The molecule has 0 atom stereocenters. The number of para-hydroxylation sites is 1. The molecule has 0 radical (unpaired) electrons. The van der Waals surface area contributed by atoms with Crippen LogP contribution in [0, 0.1) is 41.5 Å². The summed E-state index contributed by atoms with van der Waals surface area (Å²) in [5.41, 5.74) is 19.0. The van der Waals surface area contributed by atoms with Crippen molar-refractivity contribution < 1.29 is 4.74 Å². The van der Waals surface area contributed by atoms with Gasteiger partial charge in [-0.2, -0.15) is 0 Å². The molecule has 3 nitrogen and oxygen atoms in total. The van der Waals surface area contributed by atoms with Crippen molar-refractivity contribution in [2.24, 2.45) is 0 Å². The number of hydrogen-bond donors (Lipinski definition) is 0. The first-order valence-electron chi connectivity index (χ1n) is 21.4. The maximum Gasteiger partial charge on any atom is 0.137 e. The minimum Gasteiger partial charge on any atom is -0.456 e. The highest BCUT2D eigenvalue weighted by Gasteiger charge is 2.26. The van der Waals surface area contributed by atoms with E-state index in [4.69, 9.17) is 4.74 Å². The summed E-state index contributed by atoms with van der Waals surface area (Å²) in [5.74, 6) is 1.74. The predicted molar refractivity (Wildman–Crippen MR) is 266 cm³/mol. The van der Waals surface area contributed by atoms with E-state index < -0.39 is 0 Å². The highest BCUT2D eigenvalue weighted by atomic mass is 32.1. The Hall–Kier alpha value is -7.14. The molecule has 0 N–H and O–H groups in total. The molecule has 0 saturated carbocycles. The molecule has 0 fully saturated rings. The van der Waals surface area contributed by atoms with Gasteiger partial charge < -0.3 is 14.5 Å². The highest BCUT2D eigenvalue weighted by molar-refractivity contribution is 7.25. The van der Waals surface area contributed by atoms with Crippen LogP contribution in [-0.4, -0.2) is 0 Å². The van der Waals surface area contributed by atoms with E-state index in [1.807, 2.05) is 11.3 Å². The molecule has 9 aromatic carbocycles. The summed E-state index contributed by atoms with van der Waals surface area (Å²) in [4.78, 5) is 4.80. The van der Waals surface area contributed by atoms with Gasteiger partial charge in [0.05, 0.1) is 11.4 Å². The first-order valence-corrected chi connectivity index (χ1v) is 22.2. The summed E-state index contributed by atoms with van der Waals surface area (Å²) in [6, 6.07) is 62.2. The molecule has 1 aliphatic rings. The Morgan fingerprint density at radius 1 is 0.371 bits per heavy atom. The molecule has 1 aliphatic heterocycles. The van der Waals surface area contributed by atoms with Crippen molar-refractivity contribution in [1.82, 2.24) is 0 Å². The minimum absolute atomic E-state index is 0.865. The topological polar surface area (TPSA) is 15.7 Å². The number of anilines is 6. The lowest BCUT2D eigenvalue weighted by Crippen LogP contribution is -2.16. The van der Waals surface area contributed by atoms with Gasteiger partial charge in [0.25, 0.3) is 0 Å². The molecule has 0 unspecified atom stereocenters. The molecule has 4 heteroatoms. The van der Waals surface area contributed by atoms with Crippen molar-refractivity contribution in [3.63, 3.8) is 0 Å². The molecule has 2 heterocycles. The zero-order valence-corrected chi connectivity index (χ0v) is 36.7. The van der Waals surface area contributed by atoms with Crippen molar-refractivity contribution in [3.8, 4) is 33.8 Å². The van der Waals surface area contributed by atoms with Crippen LogP contribution in [0.3, 0.4) is 0 Å². The van der Waals surface area contributed by atoms with Crippen LogP contribution in [-0.2, 0) is 0 Å². The van der Waals surface area contributed by atoms with Gasteiger partial charge in [0, 0.05) is 59.9 Å². The summed E-state index contributed by atoms with van der Waals surface area (Å²) in [5, 5.41) is 4.93. The smallest absolute Gasteiger partial charge is 0.137 e. The molecular formula is C58H46N2OS. The second-order valence-corrected chi connectivity index (χ2v) is 18.0. The van der Waals surface area contributed by atoms with Gasteiger partial charge in [-0.1, -0.05) is 114 Å². The third-order valence-electron chi connectivity index (χ3n) is 12.5. The fourth-order valence-electron chi connectivity index (χ4n) is 10.1. The van der Waals surface area contributed by atoms with Crippen molar-refractivity contribution in [2.75, 3.05) is 9.80 Å². The summed E-state index contributed by atoms with van der Waals surface area (Å²) >= 11 is 1.85. The van der Waals surface area contributed by atoms with Crippen molar-refractivity contribution in [2.45, 2.75) is 41.5 Å². The van der Waals surface area contributed by atoms with E-state index in [1.54, 1.807) is 0 Å². The molecule has 0 spiro atoms. The monoisotopic (exact) mass is 818 g/mol. The van der Waals surface area contributed by atoms with E-state index in [2.05, 4.69) is 221 Å². The zero-order chi connectivity index (χ0) is 42.2. The Bertz CT molecular complexity index is 3300. The summed E-state index contributed by atoms with van der Waals surface area (Å²) < 4.78 is 9.53. The lowest BCUT2D eigenvalue weighted by Gasteiger charge is -2.33. The molecule has 300 valence electrons. The van der Waals surface area contributed by atoms with E-state index in [1.165, 1.54) is 81.4 Å². The number of rotatable bonds is 7. The van der Waals surface area contributed by atoms with Gasteiger partial charge in [0.2, 0.25) is 0 Å².